The molecule has 17 heavy (non-hydrogen) atoms. The van der Waals surface area contributed by atoms with E-state index >= 15 is 0 Å². The highest BCUT2D eigenvalue weighted by Gasteiger charge is 2.35. The predicted molar refractivity (Wildman–Crippen MR) is 60.9 cm³/mol. The van der Waals surface area contributed by atoms with Crippen molar-refractivity contribution >= 4 is 12.3 Å². The quantitative estimate of drug-likeness (QED) is 0.556. The summed E-state index contributed by atoms with van der Waals surface area (Å²) in [5, 5.41) is 9.47. The number of esters is 1. The minimum absolute atomic E-state index is 0.0578. The average molecular weight is 237 g/mol. The molecular formula is C12H15NO4. The standard InChI is InChI=1S/C12H15NO4/c1-12(16,8-14)10(13)11(15)17-7-9-5-3-2-4-6-9/h2-6,8,10,16H,7,13H2,1H3/t10-,12+/m1/s1. The van der Waals surface area contributed by atoms with Crippen molar-refractivity contribution in [3.63, 3.8) is 0 Å². The molecule has 0 amide bonds. The maximum absolute atomic E-state index is 11.5. The summed E-state index contributed by atoms with van der Waals surface area (Å²) in [4.78, 5) is 22.0. The lowest BCUT2D eigenvalue weighted by atomic mass is 9.99. The molecule has 2 atom stereocenters. The first-order chi connectivity index (χ1) is 7.97. The van der Waals surface area contributed by atoms with Gasteiger partial charge in [0, 0.05) is 0 Å². The van der Waals surface area contributed by atoms with Crippen molar-refractivity contribution in [2.75, 3.05) is 0 Å². The highest BCUT2D eigenvalue weighted by Crippen LogP contribution is 2.08. The van der Waals surface area contributed by atoms with Gasteiger partial charge in [0.25, 0.3) is 0 Å². The van der Waals surface area contributed by atoms with Crippen LogP contribution in [-0.2, 0) is 20.9 Å². The summed E-state index contributed by atoms with van der Waals surface area (Å²) in [6, 6.07) is 7.65. The first kappa shape index (κ1) is 13.3. The van der Waals surface area contributed by atoms with Crippen LogP contribution in [0.1, 0.15) is 12.5 Å². The van der Waals surface area contributed by atoms with Crippen LogP contribution in [0.25, 0.3) is 0 Å². The Morgan fingerprint density at radius 2 is 2.12 bits per heavy atom. The number of hydrogen-bond donors (Lipinski definition) is 2. The minimum atomic E-state index is -1.91. The van der Waals surface area contributed by atoms with Crippen molar-refractivity contribution in [1.29, 1.82) is 0 Å². The van der Waals surface area contributed by atoms with Gasteiger partial charge in [0.05, 0.1) is 0 Å². The molecule has 0 aliphatic rings. The van der Waals surface area contributed by atoms with E-state index in [1.165, 1.54) is 0 Å². The number of ether oxygens (including phenoxy) is 1. The van der Waals surface area contributed by atoms with Crippen molar-refractivity contribution in [2.24, 2.45) is 5.73 Å². The number of rotatable bonds is 5. The van der Waals surface area contributed by atoms with Crippen molar-refractivity contribution in [3.8, 4) is 0 Å². The van der Waals surface area contributed by atoms with Crippen LogP contribution in [0.4, 0.5) is 0 Å². The fourth-order valence-electron chi connectivity index (χ4n) is 1.13. The lowest BCUT2D eigenvalue weighted by molar-refractivity contribution is -0.154. The molecule has 0 aromatic heterocycles. The normalized spacial score (nSPS) is 15.7. The largest absolute Gasteiger partial charge is 0.460 e. The Kier molecular flexibility index (Phi) is 4.37. The maximum Gasteiger partial charge on any atom is 0.326 e. The molecule has 3 N–H and O–H groups in total. The van der Waals surface area contributed by atoms with Gasteiger partial charge in [0.2, 0.25) is 0 Å². The molecule has 0 aliphatic heterocycles. The highest BCUT2D eigenvalue weighted by atomic mass is 16.5. The summed E-state index contributed by atoms with van der Waals surface area (Å²) in [5.41, 5.74) is 4.31. The van der Waals surface area contributed by atoms with E-state index in [2.05, 4.69) is 0 Å². The molecule has 5 heteroatoms. The number of carbonyl (C=O) groups excluding carboxylic acids is 2. The highest BCUT2D eigenvalue weighted by molar-refractivity contribution is 5.83. The topological polar surface area (TPSA) is 89.6 Å². The van der Waals surface area contributed by atoms with Crippen LogP contribution in [0.3, 0.4) is 0 Å². The third-order valence-electron chi connectivity index (χ3n) is 2.35. The van der Waals surface area contributed by atoms with E-state index in [1.807, 2.05) is 18.2 Å². The van der Waals surface area contributed by atoms with Crippen molar-refractivity contribution in [1.82, 2.24) is 0 Å². The zero-order valence-electron chi connectivity index (χ0n) is 9.50. The molecule has 1 aromatic rings. The van der Waals surface area contributed by atoms with Gasteiger partial charge >= 0.3 is 5.97 Å². The summed E-state index contributed by atoms with van der Waals surface area (Å²) >= 11 is 0. The number of nitrogens with two attached hydrogens (primary N) is 1. The molecule has 0 fully saturated rings. The van der Waals surface area contributed by atoms with E-state index in [0.29, 0.717) is 0 Å². The molecule has 0 heterocycles. The van der Waals surface area contributed by atoms with E-state index in [4.69, 9.17) is 10.5 Å². The second kappa shape index (κ2) is 5.56. The molecule has 1 rings (SSSR count). The van der Waals surface area contributed by atoms with Gasteiger partial charge in [0.1, 0.15) is 18.2 Å². The van der Waals surface area contributed by atoms with Crippen LogP contribution < -0.4 is 5.73 Å². The molecule has 1 aromatic carbocycles. The van der Waals surface area contributed by atoms with E-state index in [9.17, 15) is 14.7 Å². The summed E-state index contributed by atoms with van der Waals surface area (Å²) in [6.07, 6.45) is 0.224. The Morgan fingerprint density at radius 1 is 1.53 bits per heavy atom. The number of hydrogen-bond acceptors (Lipinski definition) is 5. The Bertz CT molecular complexity index is 389. The van der Waals surface area contributed by atoms with E-state index in [-0.39, 0.29) is 12.9 Å². The number of aliphatic hydroxyl groups is 1. The molecule has 0 aliphatic carbocycles. The average Bonchev–Trinajstić information content (AvgIpc) is 2.36. The van der Waals surface area contributed by atoms with Crippen LogP contribution in [0.5, 0.6) is 0 Å². The second-order valence-corrected chi connectivity index (χ2v) is 3.91. The Hall–Kier alpha value is -1.72. The van der Waals surface area contributed by atoms with Gasteiger partial charge in [-0.1, -0.05) is 30.3 Å². The fraction of sp³-hybridized carbons (Fsp3) is 0.333. The number of aldehydes is 1. The van der Waals surface area contributed by atoms with Crippen LogP contribution in [0, 0.1) is 0 Å². The van der Waals surface area contributed by atoms with Crippen LogP contribution >= 0.6 is 0 Å². The third-order valence-corrected chi connectivity index (χ3v) is 2.35. The Labute approximate surface area is 99.2 Å². The first-order valence-electron chi connectivity index (χ1n) is 5.12. The van der Waals surface area contributed by atoms with Gasteiger partial charge in [-0.25, -0.2) is 0 Å². The van der Waals surface area contributed by atoms with Gasteiger partial charge in [-0.2, -0.15) is 0 Å². The molecule has 0 radical (unpaired) electrons. The van der Waals surface area contributed by atoms with Gasteiger partial charge in [0.15, 0.2) is 6.29 Å². The fourth-order valence-corrected chi connectivity index (χ4v) is 1.13. The lowest BCUT2D eigenvalue weighted by Gasteiger charge is -2.22. The molecule has 0 spiro atoms. The van der Waals surface area contributed by atoms with Crippen molar-refractivity contribution < 1.29 is 19.4 Å². The van der Waals surface area contributed by atoms with Gasteiger partial charge in [-0.15, -0.1) is 0 Å². The Balaban J connectivity index is 2.53. The first-order valence-corrected chi connectivity index (χ1v) is 5.12. The number of benzene rings is 1. The number of carbonyl (C=O) groups is 2. The van der Waals surface area contributed by atoms with Crippen molar-refractivity contribution in [3.05, 3.63) is 35.9 Å². The van der Waals surface area contributed by atoms with E-state index < -0.39 is 17.6 Å². The second-order valence-electron chi connectivity index (χ2n) is 3.91. The molecule has 92 valence electrons. The molecular weight excluding hydrogens is 222 g/mol. The SMILES string of the molecule is C[C@](O)(C=O)[C@H](N)C(=O)OCc1ccccc1. The van der Waals surface area contributed by atoms with Crippen LogP contribution in [0.15, 0.2) is 30.3 Å². The summed E-state index contributed by atoms with van der Waals surface area (Å²) < 4.78 is 4.90. The summed E-state index contributed by atoms with van der Waals surface area (Å²) in [5.74, 6) is -0.814. The molecule has 0 saturated carbocycles. The molecule has 0 saturated heterocycles. The smallest absolute Gasteiger partial charge is 0.326 e. The van der Waals surface area contributed by atoms with Crippen LogP contribution in [-0.4, -0.2) is 29.0 Å². The summed E-state index contributed by atoms with van der Waals surface area (Å²) in [7, 11) is 0. The Morgan fingerprint density at radius 3 is 2.65 bits per heavy atom. The van der Waals surface area contributed by atoms with Gasteiger partial charge in [-0.3, -0.25) is 4.79 Å². The van der Waals surface area contributed by atoms with Gasteiger partial charge in [-0.05, 0) is 12.5 Å². The minimum Gasteiger partial charge on any atom is -0.460 e. The van der Waals surface area contributed by atoms with Crippen LogP contribution in [0.2, 0.25) is 0 Å². The van der Waals surface area contributed by atoms with E-state index in [1.54, 1.807) is 12.1 Å². The van der Waals surface area contributed by atoms with Gasteiger partial charge < -0.3 is 20.4 Å². The lowest BCUT2D eigenvalue weighted by Crippen LogP contribution is -2.52. The zero-order valence-corrected chi connectivity index (χ0v) is 9.50. The molecule has 5 nitrogen and oxygen atoms in total. The molecule has 0 unspecified atom stereocenters. The zero-order chi connectivity index (χ0) is 12.9. The maximum atomic E-state index is 11.5. The third kappa shape index (κ3) is 3.65. The summed E-state index contributed by atoms with van der Waals surface area (Å²) in [6.45, 7) is 1.22. The monoisotopic (exact) mass is 237 g/mol. The molecule has 0 bridgehead atoms. The van der Waals surface area contributed by atoms with Crippen molar-refractivity contribution in [2.45, 2.75) is 25.2 Å². The predicted octanol–water partition coefficient (Wildman–Crippen LogP) is 0.00700. The van der Waals surface area contributed by atoms with E-state index in [0.717, 1.165) is 12.5 Å².